The Morgan fingerprint density at radius 2 is 1.93 bits per heavy atom. The Bertz CT molecular complexity index is 423. The molecule has 9 heteroatoms. The average molecular weight is 250 g/mol. The van der Waals surface area contributed by atoms with Crippen LogP contribution in [-0.2, 0) is 24.1 Å². The van der Waals surface area contributed by atoms with Crippen molar-refractivity contribution in [3.63, 3.8) is 0 Å². The highest BCUT2D eigenvalue weighted by molar-refractivity contribution is 7.91. The van der Waals surface area contributed by atoms with Crippen molar-refractivity contribution in [2.45, 2.75) is 12.0 Å². The van der Waals surface area contributed by atoms with Gasteiger partial charge in [-0.15, -0.1) is 0 Å². The van der Waals surface area contributed by atoms with Gasteiger partial charge in [0.25, 0.3) is 16.0 Å². The number of sulfone groups is 1. The zero-order valence-corrected chi connectivity index (χ0v) is 8.74. The van der Waals surface area contributed by atoms with E-state index >= 15 is 0 Å². The van der Waals surface area contributed by atoms with Crippen molar-refractivity contribution in [3.8, 4) is 0 Å². The Labute approximate surface area is 80.1 Å². The summed E-state index contributed by atoms with van der Waals surface area (Å²) in [7, 11) is -7.99. The van der Waals surface area contributed by atoms with Crippen LogP contribution in [0.15, 0.2) is 0 Å². The van der Waals surface area contributed by atoms with E-state index in [1.807, 2.05) is 0 Å². The number of hydrogen-bond donors (Lipinski definition) is 0. The van der Waals surface area contributed by atoms with E-state index in [-0.39, 0.29) is 0 Å². The van der Waals surface area contributed by atoms with Crippen molar-refractivity contribution >= 4 is 20.0 Å². The van der Waals surface area contributed by atoms with Crippen LogP contribution >= 0.6 is 0 Å². The second-order valence-corrected chi connectivity index (χ2v) is 6.81. The monoisotopic (exact) mass is 250 g/mol. The SMILES string of the molecule is CS(=O)(=O)OC1CS(=O)(=O)CC1(F)F. The molecule has 84 valence electrons. The summed E-state index contributed by atoms with van der Waals surface area (Å²) in [5.74, 6) is -5.96. The van der Waals surface area contributed by atoms with Crippen LogP contribution in [-0.4, -0.2) is 46.6 Å². The molecule has 1 aliphatic rings. The van der Waals surface area contributed by atoms with Gasteiger partial charge >= 0.3 is 0 Å². The molecule has 0 radical (unpaired) electrons. The summed E-state index contributed by atoms with van der Waals surface area (Å²) in [6, 6.07) is 0. The van der Waals surface area contributed by atoms with Crippen molar-refractivity contribution in [1.82, 2.24) is 0 Å². The molecular weight excluding hydrogens is 242 g/mol. The second kappa shape index (κ2) is 3.11. The Morgan fingerprint density at radius 3 is 2.21 bits per heavy atom. The van der Waals surface area contributed by atoms with E-state index in [4.69, 9.17) is 0 Å². The molecule has 0 aromatic heterocycles. The summed E-state index contributed by atoms with van der Waals surface area (Å²) in [5.41, 5.74) is 0. The summed E-state index contributed by atoms with van der Waals surface area (Å²) in [4.78, 5) is 0. The first kappa shape index (κ1) is 11.8. The van der Waals surface area contributed by atoms with Crippen molar-refractivity contribution in [3.05, 3.63) is 0 Å². The molecule has 0 aromatic rings. The Balaban J connectivity index is 2.92. The zero-order valence-electron chi connectivity index (χ0n) is 7.11. The van der Waals surface area contributed by atoms with E-state index in [1.165, 1.54) is 0 Å². The smallest absolute Gasteiger partial charge is 0.259 e. The second-order valence-electron chi connectivity index (χ2n) is 3.10. The van der Waals surface area contributed by atoms with E-state index in [1.54, 1.807) is 0 Å². The molecule has 0 amide bonds. The third-order valence-corrected chi connectivity index (χ3v) is 3.80. The lowest BCUT2D eigenvalue weighted by atomic mass is 10.2. The van der Waals surface area contributed by atoms with E-state index in [0.717, 1.165) is 0 Å². The number of alkyl halides is 2. The first-order valence-electron chi connectivity index (χ1n) is 3.48. The normalized spacial score (nSPS) is 30.4. The number of halogens is 2. The molecule has 1 rings (SSSR count). The summed E-state index contributed by atoms with van der Waals surface area (Å²) in [6.45, 7) is 0. The average Bonchev–Trinajstić information content (AvgIpc) is 1.94. The van der Waals surface area contributed by atoms with Crippen molar-refractivity contribution in [2.24, 2.45) is 0 Å². The quantitative estimate of drug-likeness (QED) is 0.611. The maximum absolute atomic E-state index is 12.9. The molecular formula is C5H8F2O5S2. The maximum Gasteiger partial charge on any atom is 0.289 e. The predicted molar refractivity (Wildman–Crippen MR) is 43.3 cm³/mol. The Hall–Kier alpha value is -0.280. The molecule has 1 fully saturated rings. The molecule has 0 bridgehead atoms. The van der Waals surface area contributed by atoms with Gasteiger partial charge in [0.05, 0.1) is 12.0 Å². The van der Waals surface area contributed by atoms with Crippen LogP contribution < -0.4 is 0 Å². The fourth-order valence-corrected chi connectivity index (χ4v) is 3.49. The molecule has 0 N–H and O–H groups in total. The van der Waals surface area contributed by atoms with Gasteiger partial charge in [0.2, 0.25) is 0 Å². The first-order valence-corrected chi connectivity index (χ1v) is 7.12. The minimum absolute atomic E-state index is 0.591. The van der Waals surface area contributed by atoms with Gasteiger partial charge in [-0.3, -0.25) is 4.18 Å². The fourth-order valence-electron chi connectivity index (χ4n) is 1.11. The number of rotatable bonds is 2. The third-order valence-electron chi connectivity index (χ3n) is 1.58. The van der Waals surface area contributed by atoms with Crippen molar-refractivity contribution in [1.29, 1.82) is 0 Å². The minimum atomic E-state index is -4.07. The van der Waals surface area contributed by atoms with E-state index in [9.17, 15) is 25.6 Å². The molecule has 1 heterocycles. The van der Waals surface area contributed by atoms with Gasteiger partial charge in [-0.1, -0.05) is 0 Å². The van der Waals surface area contributed by atoms with Crippen LogP contribution in [0.25, 0.3) is 0 Å². The minimum Gasteiger partial charge on any atom is -0.259 e. The number of hydrogen-bond acceptors (Lipinski definition) is 5. The molecule has 0 aromatic carbocycles. The molecule has 1 aliphatic heterocycles. The highest BCUT2D eigenvalue weighted by atomic mass is 32.2. The van der Waals surface area contributed by atoms with Gasteiger partial charge in [0.1, 0.15) is 5.75 Å². The van der Waals surface area contributed by atoms with Crippen LogP contribution in [0, 0.1) is 0 Å². The molecule has 0 spiro atoms. The topological polar surface area (TPSA) is 77.5 Å². The van der Waals surface area contributed by atoms with Crippen molar-refractivity contribution < 1.29 is 29.8 Å². The third kappa shape index (κ3) is 2.85. The van der Waals surface area contributed by atoms with Crippen LogP contribution in [0.5, 0.6) is 0 Å². The van der Waals surface area contributed by atoms with Crippen molar-refractivity contribution in [2.75, 3.05) is 17.8 Å². The summed E-state index contributed by atoms with van der Waals surface area (Å²) >= 11 is 0. The van der Waals surface area contributed by atoms with Crippen LogP contribution in [0.1, 0.15) is 0 Å². The van der Waals surface area contributed by atoms with Gasteiger partial charge in [-0.05, 0) is 0 Å². The van der Waals surface area contributed by atoms with Gasteiger partial charge < -0.3 is 0 Å². The lowest BCUT2D eigenvalue weighted by Gasteiger charge is -2.15. The lowest BCUT2D eigenvalue weighted by molar-refractivity contribution is -0.0558. The predicted octanol–water partition coefficient (Wildman–Crippen LogP) is -0.605. The van der Waals surface area contributed by atoms with E-state index in [0.29, 0.717) is 6.26 Å². The van der Waals surface area contributed by atoms with Gasteiger partial charge in [-0.25, -0.2) is 17.2 Å². The van der Waals surface area contributed by atoms with Gasteiger partial charge in [0.15, 0.2) is 15.9 Å². The summed E-state index contributed by atoms with van der Waals surface area (Å²) in [5, 5.41) is 0. The molecule has 5 nitrogen and oxygen atoms in total. The Morgan fingerprint density at radius 1 is 1.43 bits per heavy atom. The van der Waals surface area contributed by atoms with Crippen LogP contribution in [0.2, 0.25) is 0 Å². The van der Waals surface area contributed by atoms with Crippen LogP contribution in [0.4, 0.5) is 8.78 Å². The highest BCUT2D eigenvalue weighted by Gasteiger charge is 2.54. The summed E-state index contributed by atoms with van der Waals surface area (Å²) < 4.78 is 72.4. The largest absolute Gasteiger partial charge is 0.289 e. The molecule has 0 saturated carbocycles. The summed E-state index contributed by atoms with van der Waals surface area (Å²) in [6.07, 6.45) is -1.50. The highest BCUT2D eigenvalue weighted by Crippen LogP contribution is 2.32. The maximum atomic E-state index is 12.9. The van der Waals surface area contributed by atoms with E-state index in [2.05, 4.69) is 4.18 Å². The van der Waals surface area contributed by atoms with Crippen LogP contribution in [0.3, 0.4) is 0 Å². The standard InChI is InChI=1S/C5H8F2O5S2/c1-13(8,9)12-4-2-14(10,11)3-5(4,6)7/h4H,2-3H2,1H3. The fraction of sp³-hybridized carbons (Fsp3) is 1.00. The first-order chi connectivity index (χ1) is 6.02. The Kier molecular flexibility index (Phi) is 2.62. The zero-order chi connectivity index (χ0) is 11.2. The van der Waals surface area contributed by atoms with Gasteiger partial charge in [-0.2, -0.15) is 8.42 Å². The van der Waals surface area contributed by atoms with Gasteiger partial charge in [0, 0.05) is 0 Å². The molecule has 0 aliphatic carbocycles. The van der Waals surface area contributed by atoms with E-state index < -0.39 is 43.5 Å². The molecule has 1 saturated heterocycles. The molecule has 1 unspecified atom stereocenters. The molecule has 14 heavy (non-hydrogen) atoms. The lowest BCUT2D eigenvalue weighted by Crippen LogP contribution is -2.35. The molecule has 1 atom stereocenters.